The second-order valence-corrected chi connectivity index (χ2v) is 6.18. The monoisotopic (exact) mass is 344 g/mol. The van der Waals surface area contributed by atoms with Crippen LogP contribution in [0.4, 0.5) is 0 Å². The van der Waals surface area contributed by atoms with Gasteiger partial charge in [0.05, 0.1) is 26.0 Å². The molecule has 1 aliphatic heterocycles. The zero-order valence-corrected chi connectivity index (χ0v) is 14.2. The number of aliphatic hydroxyl groups is 1. The molecule has 1 N–H and O–H groups in total. The molecule has 1 fully saturated rings. The van der Waals surface area contributed by atoms with E-state index < -0.39 is 6.10 Å². The number of amides is 1. The number of ether oxygens (including phenoxy) is 1. The molecule has 1 unspecified atom stereocenters. The molecular formula is C19H24N2O4. The van der Waals surface area contributed by atoms with E-state index in [4.69, 9.17) is 9.15 Å². The molecule has 0 radical (unpaired) electrons. The van der Waals surface area contributed by atoms with Gasteiger partial charge in [0.15, 0.2) is 0 Å². The van der Waals surface area contributed by atoms with Crippen LogP contribution in [0.5, 0.6) is 0 Å². The maximum absolute atomic E-state index is 12.6. The van der Waals surface area contributed by atoms with Gasteiger partial charge < -0.3 is 19.2 Å². The fourth-order valence-electron chi connectivity index (χ4n) is 2.95. The highest BCUT2D eigenvalue weighted by Crippen LogP contribution is 2.16. The molecule has 3 rings (SSSR count). The molecule has 2 aromatic rings. The number of benzene rings is 1. The van der Waals surface area contributed by atoms with Crippen molar-refractivity contribution in [2.24, 2.45) is 0 Å². The van der Waals surface area contributed by atoms with E-state index in [9.17, 15) is 9.90 Å². The van der Waals surface area contributed by atoms with Crippen molar-refractivity contribution >= 4 is 5.91 Å². The maximum atomic E-state index is 12.6. The predicted molar refractivity (Wildman–Crippen MR) is 92.8 cm³/mol. The molecule has 0 spiro atoms. The van der Waals surface area contributed by atoms with Crippen molar-refractivity contribution in [3.8, 4) is 0 Å². The minimum atomic E-state index is -0.767. The van der Waals surface area contributed by atoms with Crippen LogP contribution in [-0.4, -0.2) is 60.2 Å². The van der Waals surface area contributed by atoms with Crippen LogP contribution in [0.25, 0.3) is 0 Å². The van der Waals surface area contributed by atoms with E-state index in [-0.39, 0.29) is 12.5 Å². The molecule has 25 heavy (non-hydrogen) atoms. The summed E-state index contributed by atoms with van der Waals surface area (Å²) in [7, 11) is 0. The van der Waals surface area contributed by atoms with Gasteiger partial charge in [0.2, 0.25) is 5.91 Å². The molecule has 6 heteroatoms. The lowest BCUT2D eigenvalue weighted by Gasteiger charge is -2.30. The summed E-state index contributed by atoms with van der Waals surface area (Å²) >= 11 is 0. The van der Waals surface area contributed by atoms with Crippen LogP contribution in [-0.2, 0) is 16.1 Å². The third kappa shape index (κ3) is 5.16. The molecule has 1 amide bonds. The summed E-state index contributed by atoms with van der Waals surface area (Å²) < 4.78 is 10.6. The zero-order chi connectivity index (χ0) is 17.5. The molecule has 1 saturated heterocycles. The van der Waals surface area contributed by atoms with E-state index in [0.717, 1.165) is 5.56 Å². The van der Waals surface area contributed by atoms with Gasteiger partial charge in [0, 0.05) is 26.2 Å². The van der Waals surface area contributed by atoms with Crippen LogP contribution < -0.4 is 0 Å². The van der Waals surface area contributed by atoms with Crippen LogP contribution in [0.2, 0.25) is 0 Å². The number of hydrogen-bond donors (Lipinski definition) is 1. The van der Waals surface area contributed by atoms with Crippen LogP contribution in [0.15, 0.2) is 53.1 Å². The number of furan rings is 1. The number of nitrogens with zero attached hydrogens (tertiary/aromatic N) is 2. The highest BCUT2D eigenvalue weighted by molar-refractivity contribution is 5.78. The average molecular weight is 344 g/mol. The van der Waals surface area contributed by atoms with Crippen molar-refractivity contribution in [1.29, 1.82) is 0 Å². The minimum Gasteiger partial charge on any atom is -0.467 e. The summed E-state index contributed by atoms with van der Waals surface area (Å²) in [5.74, 6) is 0.572. The normalized spacial score (nSPS) is 16.2. The molecule has 134 valence electrons. The Morgan fingerprint density at radius 1 is 1.16 bits per heavy atom. The third-order valence-electron chi connectivity index (χ3n) is 4.27. The Labute approximate surface area is 147 Å². The number of carbonyl (C=O) groups excluding carboxylic acids is 1. The first-order valence-corrected chi connectivity index (χ1v) is 8.55. The van der Waals surface area contributed by atoms with Crippen LogP contribution in [0.1, 0.15) is 17.4 Å². The average Bonchev–Trinajstić information content (AvgIpc) is 3.18. The Hall–Kier alpha value is -2.15. The SMILES string of the molecule is O=C(CN(Cc1ccccc1)CC(O)c1ccco1)N1CCOCC1. The molecule has 1 aromatic carbocycles. The van der Waals surface area contributed by atoms with Gasteiger partial charge in [-0.2, -0.15) is 0 Å². The van der Waals surface area contributed by atoms with Crippen molar-refractivity contribution < 1.29 is 19.1 Å². The molecular weight excluding hydrogens is 320 g/mol. The fraction of sp³-hybridized carbons (Fsp3) is 0.421. The Morgan fingerprint density at radius 3 is 2.60 bits per heavy atom. The molecule has 2 heterocycles. The second-order valence-electron chi connectivity index (χ2n) is 6.18. The number of rotatable bonds is 7. The Kier molecular flexibility index (Phi) is 6.22. The number of aliphatic hydroxyl groups excluding tert-OH is 1. The molecule has 1 aliphatic rings. The predicted octanol–water partition coefficient (Wildman–Crippen LogP) is 1.67. The van der Waals surface area contributed by atoms with Gasteiger partial charge in [-0.25, -0.2) is 0 Å². The lowest BCUT2D eigenvalue weighted by molar-refractivity contribution is -0.137. The van der Waals surface area contributed by atoms with Crippen molar-refractivity contribution in [3.63, 3.8) is 0 Å². The first-order chi connectivity index (χ1) is 12.2. The number of morpholine rings is 1. The topological polar surface area (TPSA) is 66.2 Å². The van der Waals surface area contributed by atoms with E-state index in [1.165, 1.54) is 0 Å². The summed E-state index contributed by atoms with van der Waals surface area (Å²) in [5.41, 5.74) is 1.10. The summed E-state index contributed by atoms with van der Waals surface area (Å²) in [6.07, 6.45) is 0.773. The Bertz CT molecular complexity index is 639. The van der Waals surface area contributed by atoms with Crippen molar-refractivity contribution in [1.82, 2.24) is 9.80 Å². The number of hydrogen-bond acceptors (Lipinski definition) is 5. The molecule has 0 aliphatic carbocycles. The van der Waals surface area contributed by atoms with Crippen LogP contribution in [0.3, 0.4) is 0 Å². The quantitative estimate of drug-likeness (QED) is 0.828. The minimum absolute atomic E-state index is 0.0610. The first-order valence-electron chi connectivity index (χ1n) is 8.55. The van der Waals surface area contributed by atoms with Crippen molar-refractivity contribution in [3.05, 3.63) is 60.1 Å². The smallest absolute Gasteiger partial charge is 0.236 e. The maximum Gasteiger partial charge on any atom is 0.236 e. The van der Waals surface area contributed by atoms with Gasteiger partial charge in [0.1, 0.15) is 11.9 Å². The Morgan fingerprint density at radius 2 is 1.92 bits per heavy atom. The van der Waals surface area contributed by atoms with Gasteiger partial charge in [-0.3, -0.25) is 9.69 Å². The molecule has 6 nitrogen and oxygen atoms in total. The van der Waals surface area contributed by atoms with E-state index in [2.05, 4.69) is 0 Å². The van der Waals surface area contributed by atoms with Gasteiger partial charge in [-0.1, -0.05) is 30.3 Å². The van der Waals surface area contributed by atoms with Gasteiger partial charge in [-0.15, -0.1) is 0 Å². The summed E-state index contributed by atoms with van der Waals surface area (Å²) in [6.45, 7) is 3.59. The summed E-state index contributed by atoms with van der Waals surface area (Å²) in [5, 5.41) is 10.4. The first kappa shape index (κ1) is 17.7. The van der Waals surface area contributed by atoms with E-state index in [1.807, 2.05) is 40.1 Å². The van der Waals surface area contributed by atoms with Crippen molar-refractivity contribution in [2.45, 2.75) is 12.6 Å². The summed E-state index contributed by atoms with van der Waals surface area (Å²) in [6, 6.07) is 13.4. The highest BCUT2D eigenvalue weighted by atomic mass is 16.5. The van der Waals surface area contributed by atoms with E-state index >= 15 is 0 Å². The van der Waals surface area contributed by atoms with Gasteiger partial charge in [-0.05, 0) is 17.7 Å². The molecule has 1 atom stereocenters. The standard InChI is InChI=1S/C19H24N2O4/c22-17(18-7-4-10-25-18)14-20(13-16-5-2-1-3-6-16)15-19(23)21-8-11-24-12-9-21/h1-7,10,17,22H,8-9,11-15H2. The van der Waals surface area contributed by atoms with Gasteiger partial charge >= 0.3 is 0 Å². The molecule has 1 aromatic heterocycles. The highest BCUT2D eigenvalue weighted by Gasteiger charge is 2.22. The zero-order valence-electron chi connectivity index (χ0n) is 14.2. The van der Waals surface area contributed by atoms with E-state index in [1.54, 1.807) is 18.4 Å². The van der Waals surface area contributed by atoms with Gasteiger partial charge in [0.25, 0.3) is 0 Å². The lowest BCUT2D eigenvalue weighted by atomic mass is 10.2. The number of carbonyl (C=O) groups is 1. The third-order valence-corrected chi connectivity index (χ3v) is 4.27. The second kappa shape index (κ2) is 8.80. The Balaban J connectivity index is 1.65. The van der Waals surface area contributed by atoms with E-state index in [0.29, 0.717) is 45.2 Å². The molecule has 0 bridgehead atoms. The lowest BCUT2D eigenvalue weighted by Crippen LogP contribution is -2.46. The van der Waals surface area contributed by atoms with Crippen LogP contribution in [0, 0.1) is 0 Å². The fourth-order valence-corrected chi connectivity index (χ4v) is 2.95. The van der Waals surface area contributed by atoms with Crippen molar-refractivity contribution in [2.75, 3.05) is 39.4 Å². The van der Waals surface area contributed by atoms with Crippen LogP contribution >= 0.6 is 0 Å². The summed E-state index contributed by atoms with van der Waals surface area (Å²) in [4.78, 5) is 16.4. The largest absolute Gasteiger partial charge is 0.467 e. The molecule has 0 saturated carbocycles.